The van der Waals surface area contributed by atoms with Gasteiger partial charge in [-0.25, -0.2) is 4.39 Å². The molecule has 2 nitrogen and oxygen atoms in total. The van der Waals surface area contributed by atoms with Gasteiger partial charge in [0.25, 0.3) is 0 Å². The van der Waals surface area contributed by atoms with E-state index in [9.17, 15) is 4.39 Å². The first kappa shape index (κ1) is 10.4. The summed E-state index contributed by atoms with van der Waals surface area (Å²) in [5.74, 6) is -0.319. The van der Waals surface area contributed by atoms with Gasteiger partial charge in [0.1, 0.15) is 4.99 Å². The molecule has 0 aliphatic carbocycles. The third-order valence-corrected chi connectivity index (χ3v) is 2.38. The molecule has 0 heterocycles. The quantitative estimate of drug-likeness (QED) is 0.832. The second-order valence-electron chi connectivity index (χ2n) is 2.33. The molecule has 0 unspecified atom stereocenters. The van der Waals surface area contributed by atoms with Gasteiger partial charge in [0.15, 0.2) is 11.6 Å². The van der Waals surface area contributed by atoms with E-state index in [4.69, 9.17) is 22.7 Å². The number of nitrogens with two attached hydrogens (primary N) is 1. The molecule has 0 saturated heterocycles. The largest absolute Gasteiger partial charge is 0.494 e. The van der Waals surface area contributed by atoms with Crippen molar-refractivity contribution in [1.29, 1.82) is 0 Å². The molecule has 0 aliphatic rings. The summed E-state index contributed by atoms with van der Waals surface area (Å²) in [6, 6.07) is 2.73. The number of thiocarbonyl (C=S) groups is 1. The minimum atomic E-state index is -0.478. The Balaban J connectivity index is 3.28. The van der Waals surface area contributed by atoms with Crippen LogP contribution < -0.4 is 10.5 Å². The van der Waals surface area contributed by atoms with E-state index < -0.39 is 5.82 Å². The van der Waals surface area contributed by atoms with Crippen LogP contribution in [0.25, 0.3) is 0 Å². The minimum absolute atomic E-state index is 0.147. The maximum atomic E-state index is 13.1. The van der Waals surface area contributed by atoms with E-state index in [2.05, 4.69) is 15.9 Å². The highest BCUT2D eigenvalue weighted by Gasteiger charge is 2.09. The van der Waals surface area contributed by atoms with Gasteiger partial charge in [-0.1, -0.05) is 12.2 Å². The summed E-state index contributed by atoms with van der Waals surface area (Å²) < 4.78 is 18.5. The maximum absolute atomic E-state index is 13.1. The standard InChI is InChI=1S/C8H7BrFNOS/c1-12-7-3-5(9)4(8(11)13)2-6(7)10/h2-3H,1H3,(H2,11,13). The van der Waals surface area contributed by atoms with Gasteiger partial charge >= 0.3 is 0 Å². The zero-order chi connectivity index (χ0) is 10.0. The fourth-order valence-electron chi connectivity index (χ4n) is 0.874. The van der Waals surface area contributed by atoms with Gasteiger partial charge in [-0.15, -0.1) is 0 Å². The summed E-state index contributed by atoms with van der Waals surface area (Å²) in [5.41, 5.74) is 5.83. The van der Waals surface area contributed by atoms with Gasteiger partial charge in [-0.05, 0) is 28.1 Å². The van der Waals surface area contributed by atoms with Crippen molar-refractivity contribution in [3.05, 3.63) is 28.0 Å². The lowest BCUT2D eigenvalue weighted by Crippen LogP contribution is -2.10. The van der Waals surface area contributed by atoms with Crippen LogP contribution in [0.1, 0.15) is 5.56 Å². The summed E-state index contributed by atoms with van der Waals surface area (Å²) in [4.78, 5) is 0.147. The van der Waals surface area contributed by atoms with Crippen molar-refractivity contribution in [2.75, 3.05) is 7.11 Å². The van der Waals surface area contributed by atoms with E-state index in [1.807, 2.05) is 0 Å². The second-order valence-corrected chi connectivity index (χ2v) is 3.63. The van der Waals surface area contributed by atoms with Crippen molar-refractivity contribution in [3.63, 3.8) is 0 Å². The topological polar surface area (TPSA) is 35.2 Å². The van der Waals surface area contributed by atoms with Crippen LogP contribution in [0.3, 0.4) is 0 Å². The molecule has 1 aromatic rings. The van der Waals surface area contributed by atoms with Crippen LogP contribution in [0.4, 0.5) is 4.39 Å². The number of hydrogen-bond acceptors (Lipinski definition) is 2. The number of rotatable bonds is 2. The summed E-state index contributed by atoms with van der Waals surface area (Å²) in [6.45, 7) is 0. The van der Waals surface area contributed by atoms with Gasteiger partial charge in [0.2, 0.25) is 0 Å². The van der Waals surface area contributed by atoms with Gasteiger partial charge in [0, 0.05) is 10.0 Å². The SMILES string of the molecule is COc1cc(Br)c(C(N)=S)cc1F. The zero-order valence-electron chi connectivity index (χ0n) is 6.80. The molecule has 1 aromatic carbocycles. The molecule has 0 amide bonds. The number of ether oxygens (including phenoxy) is 1. The first-order chi connectivity index (χ1) is 6.06. The van der Waals surface area contributed by atoms with Crippen LogP contribution in [0.5, 0.6) is 5.75 Å². The monoisotopic (exact) mass is 263 g/mol. The van der Waals surface area contributed by atoms with E-state index >= 15 is 0 Å². The van der Waals surface area contributed by atoms with E-state index in [1.165, 1.54) is 19.2 Å². The Morgan fingerprint density at radius 3 is 2.69 bits per heavy atom. The van der Waals surface area contributed by atoms with Crippen molar-refractivity contribution < 1.29 is 9.13 Å². The summed E-state index contributed by atoms with van der Waals surface area (Å²) in [6.07, 6.45) is 0. The Labute approximate surface area is 89.0 Å². The highest BCUT2D eigenvalue weighted by Crippen LogP contribution is 2.26. The number of methoxy groups -OCH3 is 1. The molecule has 0 spiro atoms. The van der Waals surface area contributed by atoms with Crippen molar-refractivity contribution in [2.45, 2.75) is 0 Å². The Bertz CT molecular complexity index is 356. The Morgan fingerprint density at radius 1 is 1.62 bits per heavy atom. The number of benzene rings is 1. The van der Waals surface area contributed by atoms with Crippen LogP contribution in [0.15, 0.2) is 16.6 Å². The molecule has 0 fully saturated rings. The number of hydrogen-bond donors (Lipinski definition) is 1. The highest BCUT2D eigenvalue weighted by atomic mass is 79.9. The molecular formula is C8H7BrFNOS. The van der Waals surface area contributed by atoms with Gasteiger partial charge in [0.05, 0.1) is 7.11 Å². The molecule has 0 aromatic heterocycles. The van der Waals surface area contributed by atoms with Gasteiger partial charge < -0.3 is 10.5 Å². The molecule has 2 N–H and O–H groups in total. The minimum Gasteiger partial charge on any atom is -0.494 e. The normalized spacial score (nSPS) is 9.77. The summed E-state index contributed by atoms with van der Waals surface area (Å²) in [5, 5.41) is 0. The number of halogens is 2. The van der Waals surface area contributed by atoms with Crippen LogP contribution in [-0.4, -0.2) is 12.1 Å². The maximum Gasteiger partial charge on any atom is 0.165 e. The predicted molar refractivity (Wildman–Crippen MR) is 56.5 cm³/mol. The van der Waals surface area contributed by atoms with Gasteiger partial charge in [-0.2, -0.15) is 0 Å². The molecule has 0 radical (unpaired) electrons. The van der Waals surface area contributed by atoms with Crippen LogP contribution >= 0.6 is 28.1 Å². The van der Waals surface area contributed by atoms with Crippen molar-refractivity contribution in [3.8, 4) is 5.75 Å². The third-order valence-electron chi connectivity index (χ3n) is 1.51. The molecule has 0 atom stereocenters. The summed E-state index contributed by atoms with van der Waals surface area (Å²) >= 11 is 7.94. The Hall–Kier alpha value is -0.680. The molecule has 0 saturated carbocycles. The third kappa shape index (κ3) is 2.16. The summed E-state index contributed by atoms with van der Waals surface area (Å²) in [7, 11) is 1.39. The fraction of sp³-hybridized carbons (Fsp3) is 0.125. The average molecular weight is 264 g/mol. The van der Waals surface area contributed by atoms with Crippen LogP contribution in [0.2, 0.25) is 0 Å². The molecule has 0 bridgehead atoms. The first-order valence-corrected chi connectivity index (χ1v) is 4.59. The van der Waals surface area contributed by atoms with Crippen molar-refractivity contribution in [2.24, 2.45) is 5.73 Å². The lowest BCUT2D eigenvalue weighted by molar-refractivity contribution is 0.386. The van der Waals surface area contributed by atoms with Gasteiger partial charge in [-0.3, -0.25) is 0 Å². The highest BCUT2D eigenvalue weighted by molar-refractivity contribution is 9.10. The van der Waals surface area contributed by atoms with E-state index in [-0.39, 0.29) is 10.7 Å². The van der Waals surface area contributed by atoms with Crippen LogP contribution in [0, 0.1) is 5.82 Å². The van der Waals surface area contributed by atoms with E-state index in [1.54, 1.807) is 0 Å². The average Bonchev–Trinajstić information content (AvgIpc) is 2.07. The lowest BCUT2D eigenvalue weighted by Gasteiger charge is -2.06. The van der Waals surface area contributed by atoms with E-state index in [0.717, 1.165) is 0 Å². The fourth-order valence-corrected chi connectivity index (χ4v) is 1.71. The Kier molecular flexibility index (Phi) is 3.22. The molecule has 70 valence electrons. The second kappa shape index (κ2) is 4.02. The van der Waals surface area contributed by atoms with Crippen molar-refractivity contribution in [1.82, 2.24) is 0 Å². The zero-order valence-corrected chi connectivity index (χ0v) is 9.21. The molecule has 5 heteroatoms. The molecule has 0 aliphatic heterocycles. The van der Waals surface area contributed by atoms with Crippen LogP contribution in [-0.2, 0) is 0 Å². The predicted octanol–water partition coefficient (Wildman–Crippen LogP) is 2.23. The Morgan fingerprint density at radius 2 is 2.23 bits per heavy atom. The molecular weight excluding hydrogens is 257 g/mol. The van der Waals surface area contributed by atoms with E-state index in [0.29, 0.717) is 10.0 Å². The van der Waals surface area contributed by atoms with Crippen molar-refractivity contribution >= 4 is 33.1 Å². The molecule has 1 rings (SSSR count). The first-order valence-electron chi connectivity index (χ1n) is 3.39. The molecule has 13 heavy (non-hydrogen) atoms. The lowest BCUT2D eigenvalue weighted by atomic mass is 10.2. The smallest absolute Gasteiger partial charge is 0.165 e.